The summed E-state index contributed by atoms with van der Waals surface area (Å²) in [6.07, 6.45) is -0.762. The average Bonchev–Trinajstić information content (AvgIpc) is 2.58. The summed E-state index contributed by atoms with van der Waals surface area (Å²) in [4.78, 5) is 30.4. The lowest BCUT2D eigenvalue weighted by Crippen LogP contribution is -2.56. The Morgan fingerprint density at radius 2 is 1.75 bits per heavy atom. The SMILES string of the molecule is CN1CCN(C(=O)C2OCC(=O)N(C)C2c2ccc(F)cc2)CC1. The van der Waals surface area contributed by atoms with Crippen LogP contribution in [0, 0.1) is 5.82 Å². The molecule has 0 aliphatic carbocycles. The smallest absolute Gasteiger partial charge is 0.254 e. The van der Waals surface area contributed by atoms with E-state index in [1.54, 1.807) is 24.1 Å². The molecule has 2 aliphatic heterocycles. The van der Waals surface area contributed by atoms with Gasteiger partial charge in [0.25, 0.3) is 5.91 Å². The van der Waals surface area contributed by atoms with Crippen LogP contribution in [0.25, 0.3) is 0 Å². The molecule has 24 heavy (non-hydrogen) atoms. The Balaban J connectivity index is 1.84. The fourth-order valence-electron chi connectivity index (χ4n) is 3.18. The molecule has 0 radical (unpaired) electrons. The van der Waals surface area contributed by atoms with Crippen LogP contribution in [0.2, 0.25) is 0 Å². The van der Waals surface area contributed by atoms with Crippen LogP contribution >= 0.6 is 0 Å². The van der Waals surface area contributed by atoms with Crippen molar-refractivity contribution in [1.29, 1.82) is 0 Å². The molecular weight excluding hydrogens is 313 g/mol. The Kier molecular flexibility index (Phi) is 4.82. The van der Waals surface area contributed by atoms with E-state index >= 15 is 0 Å². The second kappa shape index (κ2) is 6.86. The average molecular weight is 335 g/mol. The van der Waals surface area contributed by atoms with Crippen LogP contribution in [0.1, 0.15) is 11.6 Å². The number of morpholine rings is 1. The summed E-state index contributed by atoms with van der Waals surface area (Å²) in [5.74, 6) is -0.657. The summed E-state index contributed by atoms with van der Waals surface area (Å²) in [6.45, 7) is 2.80. The van der Waals surface area contributed by atoms with Gasteiger partial charge < -0.3 is 19.4 Å². The van der Waals surface area contributed by atoms with E-state index in [0.29, 0.717) is 18.7 Å². The number of benzene rings is 1. The minimum atomic E-state index is -0.762. The Morgan fingerprint density at radius 1 is 1.12 bits per heavy atom. The zero-order valence-corrected chi connectivity index (χ0v) is 13.9. The summed E-state index contributed by atoms with van der Waals surface area (Å²) in [7, 11) is 3.68. The molecule has 2 unspecified atom stereocenters. The molecule has 7 heteroatoms. The van der Waals surface area contributed by atoms with E-state index in [-0.39, 0.29) is 24.2 Å². The third-order valence-electron chi connectivity index (χ3n) is 4.75. The number of nitrogens with zero attached hydrogens (tertiary/aromatic N) is 3. The third kappa shape index (κ3) is 3.27. The topological polar surface area (TPSA) is 53.1 Å². The number of likely N-dealkylation sites (N-methyl/N-ethyl adjacent to an activating group) is 2. The first kappa shape index (κ1) is 16.9. The standard InChI is InChI=1S/C17H22FN3O3/c1-19-7-9-21(10-8-19)17(23)16-15(20(2)14(22)11-24-16)12-3-5-13(18)6-4-12/h3-6,15-16H,7-11H2,1-2H3. The van der Waals surface area contributed by atoms with Gasteiger partial charge >= 0.3 is 0 Å². The Hall–Kier alpha value is -1.99. The molecule has 0 N–H and O–H groups in total. The van der Waals surface area contributed by atoms with Crippen LogP contribution in [0.5, 0.6) is 0 Å². The predicted molar refractivity (Wildman–Crippen MR) is 85.7 cm³/mol. The van der Waals surface area contributed by atoms with Crippen molar-refractivity contribution in [2.75, 3.05) is 46.9 Å². The number of carbonyl (C=O) groups is 2. The minimum absolute atomic E-state index is 0.113. The molecule has 2 saturated heterocycles. The number of hydrogen-bond donors (Lipinski definition) is 0. The first-order valence-corrected chi connectivity index (χ1v) is 8.07. The number of hydrogen-bond acceptors (Lipinski definition) is 4. The molecule has 2 heterocycles. The van der Waals surface area contributed by atoms with Crippen LogP contribution in [-0.4, -0.2) is 79.5 Å². The van der Waals surface area contributed by atoms with E-state index in [1.807, 2.05) is 7.05 Å². The molecule has 0 saturated carbocycles. The van der Waals surface area contributed by atoms with E-state index in [4.69, 9.17) is 4.74 Å². The maximum absolute atomic E-state index is 13.2. The van der Waals surface area contributed by atoms with Crippen LogP contribution < -0.4 is 0 Å². The van der Waals surface area contributed by atoms with Gasteiger partial charge in [0, 0.05) is 33.2 Å². The summed E-state index contributed by atoms with van der Waals surface area (Å²) >= 11 is 0. The van der Waals surface area contributed by atoms with Crippen molar-refractivity contribution in [3.8, 4) is 0 Å². The summed E-state index contributed by atoms with van der Waals surface area (Å²) in [6, 6.07) is 5.32. The molecule has 1 aromatic rings. The molecule has 0 bridgehead atoms. The first-order valence-electron chi connectivity index (χ1n) is 8.07. The van der Waals surface area contributed by atoms with Crippen LogP contribution in [0.4, 0.5) is 4.39 Å². The molecule has 2 amide bonds. The maximum atomic E-state index is 13.2. The van der Waals surface area contributed by atoms with Crippen molar-refractivity contribution in [3.05, 3.63) is 35.6 Å². The van der Waals surface area contributed by atoms with Gasteiger partial charge in [-0.1, -0.05) is 12.1 Å². The zero-order valence-electron chi connectivity index (χ0n) is 13.9. The van der Waals surface area contributed by atoms with Crippen molar-refractivity contribution in [2.24, 2.45) is 0 Å². The van der Waals surface area contributed by atoms with Crippen molar-refractivity contribution in [2.45, 2.75) is 12.1 Å². The van der Waals surface area contributed by atoms with Crippen molar-refractivity contribution < 1.29 is 18.7 Å². The Morgan fingerprint density at radius 3 is 2.38 bits per heavy atom. The van der Waals surface area contributed by atoms with Crippen molar-refractivity contribution in [3.63, 3.8) is 0 Å². The summed E-state index contributed by atoms with van der Waals surface area (Å²) < 4.78 is 18.8. The van der Waals surface area contributed by atoms with Gasteiger partial charge in [0.2, 0.25) is 5.91 Å². The van der Waals surface area contributed by atoms with Gasteiger partial charge in [-0.2, -0.15) is 0 Å². The number of rotatable bonds is 2. The number of amides is 2. The van der Waals surface area contributed by atoms with E-state index < -0.39 is 12.1 Å². The lowest BCUT2D eigenvalue weighted by atomic mass is 9.97. The van der Waals surface area contributed by atoms with Gasteiger partial charge in [0.05, 0.1) is 6.04 Å². The molecular formula is C17H22FN3O3. The lowest BCUT2D eigenvalue weighted by Gasteiger charge is -2.41. The molecule has 3 rings (SSSR count). The number of halogens is 1. The van der Waals surface area contributed by atoms with Gasteiger partial charge in [-0.3, -0.25) is 9.59 Å². The highest BCUT2D eigenvalue weighted by atomic mass is 19.1. The molecule has 2 fully saturated rings. The second-order valence-electron chi connectivity index (χ2n) is 6.36. The van der Waals surface area contributed by atoms with E-state index in [0.717, 1.165) is 13.1 Å². The van der Waals surface area contributed by atoms with Gasteiger partial charge in [-0.05, 0) is 24.7 Å². The highest BCUT2D eigenvalue weighted by molar-refractivity contribution is 5.86. The van der Waals surface area contributed by atoms with Gasteiger partial charge in [-0.25, -0.2) is 4.39 Å². The normalized spacial score (nSPS) is 25.9. The van der Waals surface area contributed by atoms with Gasteiger partial charge in [0.15, 0.2) is 6.10 Å². The number of ether oxygens (including phenoxy) is 1. The number of piperazine rings is 1. The summed E-state index contributed by atoms with van der Waals surface area (Å²) in [5.41, 5.74) is 0.694. The molecule has 1 aromatic carbocycles. The van der Waals surface area contributed by atoms with Gasteiger partial charge in [0.1, 0.15) is 12.4 Å². The van der Waals surface area contributed by atoms with E-state index in [1.165, 1.54) is 17.0 Å². The minimum Gasteiger partial charge on any atom is -0.356 e. The highest BCUT2D eigenvalue weighted by Crippen LogP contribution is 2.30. The quantitative estimate of drug-likeness (QED) is 0.790. The summed E-state index contributed by atoms with van der Waals surface area (Å²) in [5, 5.41) is 0. The van der Waals surface area contributed by atoms with E-state index in [2.05, 4.69) is 4.90 Å². The fraction of sp³-hybridized carbons (Fsp3) is 0.529. The Bertz CT molecular complexity index is 614. The predicted octanol–water partition coefficient (Wildman–Crippen LogP) is 0.498. The molecule has 0 aromatic heterocycles. The zero-order chi connectivity index (χ0) is 17.3. The number of carbonyl (C=O) groups excluding carboxylic acids is 2. The molecule has 2 aliphatic rings. The monoisotopic (exact) mass is 335 g/mol. The maximum Gasteiger partial charge on any atom is 0.254 e. The largest absolute Gasteiger partial charge is 0.356 e. The van der Waals surface area contributed by atoms with Crippen LogP contribution in [0.15, 0.2) is 24.3 Å². The van der Waals surface area contributed by atoms with Crippen molar-refractivity contribution in [1.82, 2.24) is 14.7 Å². The van der Waals surface area contributed by atoms with Crippen molar-refractivity contribution >= 4 is 11.8 Å². The van der Waals surface area contributed by atoms with Crippen LogP contribution in [-0.2, 0) is 14.3 Å². The first-order chi connectivity index (χ1) is 11.5. The molecule has 2 atom stereocenters. The molecule has 0 spiro atoms. The van der Waals surface area contributed by atoms with E-state index in [9.17, 15) is 14.0 Å². The highest BCUT2D eigenvalue weighted by Gasteiger charge is 2.42. The molecule has 6 nitrogen and oxygen atoms in total. The van der Waals surface area contributed by atoms with Crippen LogP contribution in [0.3, 0.4) is 0 Å². The van der Waals surface area contributed by atoms with Gasteiger partial charge in [-0.15, -0.1) is 0 Å². The molecule has 130 valence electrons. The third-order valence-corrected chi connectivity index (χ3v) is 4.75. The lowest BCUT2D eigenvalue weighted by molar-refractivity contribution is -0.168. The Labute approximate surface area is 140 Å². The fourth-order valence-corrected chi connectivity index (χ4v) is 3.18. The second-order valence-corrected chi connectivity index (χ2v) is 6.36.